The summed E-state index contributed by atoms with van der Waals surface area (Å²) in [6.45, 7) is 5.61. The molecule has 0 aromatic carbocycles. The summed E-state index contributed by atoms with van der Waals surface area (Å²) in [5, 5.41) is 7.12. The Labute approximate surface area is 99.5 Å². The van der Waals surface area contributed by atoms with Crippen LogP contribution in [-0.4, -0.2) is 23.5 Å². The third-order valence-corrected chi connectivity index (χ3v) is 3.81. The Morgan fingerprint density at radius 3 is 3.12 bits per heavy atom. The van der Waals surface area contributed by atoms with Crippen molar-refractivity contribution in [1.29, 1.82) is 0 Å². The summed E-state index contributed by atoms with van der Waals surface area (Å²) >= 11 is 1.63. The van der Waals surface area contributed by atoms with Gasteiger partial charge in [0.25, 0.3) is 0 Å². The number of aryl methyl sites for hydroxylation is 1. The van der Waals surface area contributed by atoms with Gasteiger partial charge in [0.1, 0.15) is 5.01 Å². The first-order valence-corrected chi connectivity index (χ1v) is 6.41. The molecule has 1 aromatic heterocycles. The maximum Gasteiger partial charge on any atom is 0.237 e. The number of carbonyl (C=O) groups is 1. The topological polar surface area (TPSA) is 54.0 Å². The highest BCUT2D eigenvalue weighted by atomic mass is 32.1. The molecule has 1 saturated heterocycles. The molecule has 0 bridgehead atoms. The molecule has 1 aliphatic rings. The van der Waals surface area contributed by atoms with Crippen molar-refractivity contribution in [2.24, 2.45) is 5.92 Å². The van der Waals surface area contributed by atoms with E-state index in [-0.39, 0.29) is 11.9 Å². The van der Waals surface area contributed by atoms with Crippen LogP contribution in [0.15, 0.2) is 6.20 Å². The summed E-state index contributed by atoms with van der Waals surface area (Å²) in [7, 11) is 0. The average Bonchev–Trinajstić information content (AvgIpc) is 2.84. The predicted octanol–water partition coefficient (Wildman–Crippen LogP) is 1.07. The molecule has 2 rings (SSSR count). The molecule has 2 N–H and O–H groups in total. The summed E-state index contributed by atoms with van der Waals surface area (Å²) in [5.74, 6) is 0.524. The van der Waals surface area contributed by atoms with Gasteiger partial charge >= 0.3 is 0 Å². The number of aromatic nitrogens is 1. The van der Waals surface area contributed by atoms with Crippen molar-refractivity contribution in [3.05, 3.63) is 16.1 Å². The van der Waals surface area contributed by atoms with Crippen LogP contribution in [0.2, 0.25) is 0 Å². The molecule has 2 unspecified atom stereocenters. The molecule has 16 heavy (non-hydrogen) atoms. The maximum absolute atomic E-state index is 11.8. The van der Waals surface area contributed by atoms with Crippen LogP contribution in [0, 0.1) is 12.8 Å². The predicted molar refractivity (Wildman–Crippen MR) is 64.3 cm³/mol. The van der Waals surface area contributed by atoms with Crippen LogP contribution in [0.4, 0.5) is 0 Å². The minimum Gasteiger partial charge on any atom is -0.348 e. The maximum atomic E-state index is 11.8. The largest absolute Gasteiger partial charge is 0.348 e. The van der Waals surface area contributed by atoms with Crippen LogP contribution in [0.1, 0.15) is 23.2 Å². The van der Waals surface area contributed by atoms with E-state index >= 15 is 0 Å². The van der Waals surface area contributed by atoms with Gasteiger partial charge in [0.05, 0.1) is 12.6 Å². The van der Waals surface area contributed by atoms with E-state index in [1.807, 2.05) is 13.1 Å². The lowest BCUT2D eigenvalue weighted by Crippen LogP contribution is -2.42. The van der Waals surface area contributed by atoms with Crippen molar-refractivity contribution in [3.8, 4) is 0 Å². The first-order chi connectivity index (χ1) is 7.66. The minimum atomic E-state index is -0.0268. The molecule has 2 atom stereocenters. The van der Waals surface area contributed by atoms with Crippen LogP contribution in [0.3, 0.4) is 0 Å². The second-order valence-corrected chi connectivity index (χ2v) is 5.60. The van der Waals surface area contributed by atoms with Crippen LogP contribution < -0.4 is 10.6 Å². The fourth-order valence-corrected chi connectivity index (χ4v) is 2.67. The van der Waals surface area contributed by atoms with Gasteiger partial charge in [-0.2, -0.15) is 0 Å². The van der Waals surface area contributed by atoms with E-state index in [1.165, 1.54) is 4.88 Å². The number of hydrogen-bond acceptors (Lipinski definition) is 4. The third kappa shape index (κ3) is 2.59. The van der Waals surface area contributed by atoms with E-state index in [0.717, 1.165) is 18.0 Å². The molecule has 1 amide bonds. The van der Waals surface area contributed by atoms with Crippen LogP contribution in [0.5, 0.6) is 0 Å². The third-order valence-electron chi connectivity index (χ3n) is 2.90. The summed E-state index contributed by atoms with van der Waals surface area (Å²) in [4.78, 5) is 17.2. The Morgan fingerprint density at radius 2 is 2.56 bits per heavy atom. The second-order valence-electron chi connectivity index (χ2n) is 4.28. The number of amides is 1. The van der Waals surface area contributed by atoms with Crippen molar-refractivity contribution < 1.29 is 4.79 Å². The highest BCUT2D eigenvalue weighted by molar-refractivity contribution is 7.11. The molecule has 5 heteroatoms. The Bertz CT molecular complexity index is 377. The van der Waals surface area contributed by atoms with Gasteiger partial charge in [-0.25, -0.2) is 4.98 Å². The summed E-state index contributed by atoms with van der Waals surface area (Å²) in [6.07, 6.45) is 2.91. The normalized spacial score (nSPS) is 24.6. The number of nitrogens with one attached hydrogen (secondary N) is 2. The summed E-state index contributed by atoms with van der Waals surface area (Å²) in [6, 6.07) is -0.0268. The molecular formula is C11H17N3OS. The summed E-state index contributed by atoms with van der Waals surface area (Å²) in [5.41, 5.74) is 0. The van der Waals surface area contributed by atoms with Gasteiger partial charge < -0.3 is 10.6 Å². The van der Waals surface area contributed by atoms with E-state index in [2.05, 4.69) is 22.5 Å². The van der Waals surface area contributed by atoms with E-state index in [1.54, 1.807) is 11.3 Å². The smallest absolute Gasteiger partial charge is 0.237 e. The van der Waals surface area contributed by atoms with Gasteiger partial charge in [-0.3, -0.25) is 4.79 Å². The van der Waals surface area contributed by atoms with Crippen LogP contribution in [0.25, 0.3) is 0 Å². The number of carbonyl (C=O) groups excluding carboxylic acids is 1. The number of nitrogens with zero attached hydrogens (tertiary/aromatic N) is 1. The molecule has 0 radical (unpaired) electrons. The van der Waals surface area contributed by atoms with E-state index in [0.29, 0.717) is 12.5 Å². The molecule has 0 saturated carbocycles. The molecule has 1 aromatic rings. The van der Waals surface area contributed by atoms with Gasteiger partial charge in [0.2, 0.25) is 5.91 Å². The molecule has 1 aliphatic heterocycles. The lowest BCUT2D eigenvalue weighted by Gasteiger charge is -2.14. The van der Waals surface area contributed by atoms with E-state index in [9.17, 15) is 4.79 Å². The van der Waals surface area contributed by atoms with Gasteiger partial charge in [0.15, 0.2) is 0 Å². The minimum absolute atomic E-state index is 0.0268. The SMILES string of the molecule is Cc1cnc(CNC(=O)C2NCCC2C)s1. The lowest BCUT2D eigenvalue weighted by atomic mass is 10.0. The summed E-state index contributed by atoms with van der Waals surface area (Å²) < 4.78 is 0. The zero-order chi connectivity index (χ0) is 11.5. The van der Waals surface area contributed by atoms with Gasteiger partial charge in [-0.05, 0) is 25.8 Å². The number of rotatable bonds is 3. The Kier molecular flexibility index (Phi) is 3.56. The molecule has 88 valence electrons. The molecular weight excluding hydrogens is 222 g/mol. The number of hydrogen-bond donors (Lipinski definition) is 2. The van der Waals surface area contributed by atoms with Gasteiger partial charge in [-0.15, -0.1) is 11.3 Å². The second kappa shape index (κ2) is 4.93. The monoisotopic (exact) mass is 239 g/mol. The highest BCUT2D eigenvalue weighted by Gasteiger charge is 2.28. The number of thiazole rings is 1. The molecule has 0 spiro atoms. The van der Waals surface area contributed by atoms with E-state index < -0.39 is 0 Å². The van der Waals surface area contributed by atoms with Crippen LogP contribution >= 0.6 is 11.3 Å². The Morgan fingerprint density at radius 1 is 1.75 bits per heavy atom. The lowest BCUT2D eigenvalue weighted by molar-refractivity contribution is -0.123. The van der Waals surface area contributed by atoms with Gasteiger partial charge in [-0.1, -0.05) is 6.92 Å². The van der Waals surface area contributed by atoms with Crippen molar-refractivity contribution >= 4 is 17.2 Å². The first kappa shape index (κ1) is 11.5. The fraction of sp³-hybridized carbons (Fsp3) is 0.636. The van der Waals surface area contributed by atoms with Crippen molar-refractivity contribution in [2.75, 3.05) is 6.54 Å². The molecule has 1 fully saturated rings. The zero-order valence-electron chi connectivity index (χ0n) is 9.62. The Balaban J connectivity index is 1.83. The molecule has 2 heterocycles. The quantitative estimate of drug-likeness (QED) is 0.829. The van der Waals surface area contributed by atoms with Crippen molar-refractivity contribution in [2.45, 2.75) is 32.9 Å². The van der Waals surface area contributed by atoms with Crippen molar-refractivity contribution in [1.82, 2.24) is 15.6 Å². The average molecular weight is 239 g/mol. The highest BCUT2D eigenvalue weighted by Crippen LogP contribution is 2.15. The van der Waals surface area contributed by atoms with Crippen molar-refractivity contribution in [3.63, 3.8) is 0 Å². The fourth-order valence-electron chi connectivity index (χ4n) is 1.94. The molecule has 4 nitrogen and oxygen atoms in total. The van der Waals surface area contributed by atoms with E-state index in [4.69, 9.17) is 0 Å². The zero-order valence-corrected chi connectivity index (χ0v) is 10.4. The van der Waals surface area contributed by atoms with Gasteiger partial charge in [0, 0.05) is 11.1 Å². The molecule has 0 aliphatic carbocycles. The van der Waals surface area contributed by atoms with Crippen LogP contribution in [-0.2, 0) is 11.3 Å². The standard InChI is InChI=1S/C11H17N3OS/c1-7-3-4-12-10(7)11(15)14-6-9-13-5-8(2)16-9/h5,7,10,12H,3-4,6H2,1-2H3,(H,14,15). The first-order valence-electron chi connectivity index (χ1n) is 5.59. The Hall–Kier alpha value is -0.940.